The molecule has 2 nitrogen and oxygen atoms in total. The highest BCUT2D eigenvalue weighted by Crippen LogP contribution is 2.26. The van der Waals surface area contributed by atoms with Crippen LogP contribution in [-0.2, 0) is 4.79 Å². The molecule has 0 heterocycles. The van der Waals surface area contributed by atoms with Crippen LogP contribution in [0.1, 0.15) is 18.4 Å². The van der Waals surface area contributed by atoms with Crippen LogP contribution in [0.5, 0.6) is 0 Å². The molecule has 1 rings (SSSR count). The molecule has 70 valence electrons. The third-order valence-electron chi connectivity index (χ3n) is 1.81. The van der Waals surface area contributed by atoms with Gasteiger partial charge in [0.2, 0.25) is 0 Å². The van der Waals surface area contributed by atoms with Gasteiger partial charge in [0.15, 0.2) is 0 Å². The van der Waals surface area contributed by atoms with Crippen LogP contribution >= 0.6 is 27.5 Å². The maximum absolute atomic E-state index is 10.6. The second kappa shape index (κ2) is 4.11. The van der Waals surface area contributed by atoms with Crippen LogP contribution in [0.3, 0.4) is 0 Å². The minimum absolute atomic E-state index is 0.523. The van der Waals surface area contributed by atoms with Gasteiger partial charge in [-0.1, -0.05) is 17.7 Å². The molecule has 0 aliphatic carbocycles. The van der Waals surface area contributed by atoms with E-state index < -0.39 is 11.9 Å². The molecule has 0 radical (unpaired) electrons. The Bertz CT molecular complexity index is 338. The monoisotopic (exact) mass is 262 g/mol. The van der Waals surface area contributed by atoms with E-state index in [2.05, 4.69) is 15.9 Å². The van der Waals surface area contributed by atoms with E-state index in [4.69, 9.17) is 16.7 Å². The van der Waals surface area contributed by atoms with E-state index in [1.54, 1.807) is 25.1 Å². The fourth-order valence-corrected chi connectivity index (χ4v) is 1.36. The first-order valence-electron chi connectivity index (χ1n) is 3.70. The van der Waals surface area contributed by atoms with Crippen LogP contribution in [0, 0.1) is 0 Å². The van der Waals surface area contributed by atoms with Crippen molar-refractivity contribution in [3.05, 3.63) is 33.3 Å². The summed E-state index contributed by atoms with van der Waals surface area (Å²) in [6, 6.07) is 5.15. The third kappa shape index (κ3) is 2.45. The van der Waals surface area contributed by atoms with E-state index in [-0.39, 0.29) is 0 Å². The average molecular weight is 264 g/mol. The summed E-state index contributed by atoms with van der Waals surface area (Å²) in [5.74, 6) is -1.37. The largest absolute Gasteiger partial charge is 0.481 e. The lowest BCUT2D eigenvalue weighted by Crippen LogP contribution is -2.07. The van der Waals surface area contributed by atoms with Crippen molar-refractivity contribution in [3.8, 4) is 0 Å². The van der Waals surface area contributed by atoms with Gasteiger partial charge in [0.05, 0.1) is 10.9 Å². The van der Waals surface area contributed by atoms with Gasteiger partial charge in [-0.2, -0.15) is 0 Å². The molecule has 4 heteroatoms. The van der Waals surface area contributed by atoms with Gasteiger partial charge in [-0.15, -0.1) is 0 Å². The van der Waals surface area contributed by atoms with Crippen molar-refractivity contribution in [2.75, 3.05) is 0 Å². The Morgan fingerprint density at radius 3 is 2.69 bits per heavy atom. The number of aliphatic carboxylic acids is 1. The minimum atomic E-state index is -0.849. The summed E-state index contributed by atoms with van der Waals surface area (Å²) in [7, 11) is 0. The number of carboxylic acid groups (broad SMARTS) is 1. The maximum atomic E-state index is 10.6. The normalized spacial score (nSPS) is 12.5. The highest BCUT2D eigenvalue weighted by molar-refractivity contribution is 9.10. The second-order valence-electron chi connectivity index (χ2n) is 2.73. The number of hydrogen-bond acceptors (Lipinski definition) is 1. The fourth-order valence-electron chi connectivity index (χ4n) is 0.924. The molecule has 0 spiro atoms. The van der Waals surface area contributed by atoms with Gasteiger partial charge in [0.1, 0.15) is 0 Å². The number of benzene rings is 1. The van der Waals surface area contributed by atoms with Gasteiger partial charge >= 0.3 is 5.97 Å². The lowest BCUT2D eigenvalue weighted by Gasteiger charge is -2.07. The summed E-state index contributed by atoms with van der Waals surface area (Å²) in [4.78, 5) is 10.6. The van der Waals surface area contributed by atoms with E-state index in [0.717, 1.165) is 4.47 Å². The molecular formula is C9H8BrClO2. The lowest BCUT2D eigenvalue weighted by atomic mass is 10.0. The van der Waals surface area contributed by atoms with E-state index >= 15 is 0 Å². The Balaban J connectivity index is 3.03. The van der Waals surface area contributed by atoms with Gasteiger partial charge in [0, 0.05) is 4.47 Å². The van der Waals surface area contributed by atoms with E-state index in [9.17, 15) is 4.79 Å². The predicted octanol–water partition coefficient (Wildman–Crippen LogP) is 3.29. The number of rotatable bonds is 2. The Labute approximate surface area is 89.7 Å². The predicted molar refractivity (Wildman–Crippen MR) is 55.2 cm³/mol. The summed E-state index contributed by atoms with van der Waals surface area (Å²) in [6.45, 7) is 1.63. The summed E-state index contributed by atoms with van der Waals surface area (Å²) >= 11 is 9.06. The first-order chi connectivity index (χ1) is 6.02. The van der Waals surface area contributed by atoms with Crippen molar-refractivity contribution in [2.45, 2.75) is 12.8 Å². The van der Waals surface area contributed by atoms with Crippen LogP contribution < -0.4 is 0 Å². The van der Waals surface area contributed by atoms with E-state index in [1.165, 1.54) is 0 Å². The number of carbonyl (C=O) groups is 1. The Morgan fingerprint density at radius 1 is 1.62 bits per heavy atom. The summed E-state index contributed by atoms with van der Waals surface area (Å²) in [6.07, 6.45) is 0. The van der Waals surface area contributed by atoms with Gasteiger partial charge in [-0.3, -0.25) is 4.79 Å². The van der Waals surface area contributed by atoms with Crippen LogP contribution in [-0.4, -0.2) is 11.1 Å². The Kier molecular flexibility index (Phi) is 3.33. The van der Waals surface area contributed by atoms with Crippen molar-refractivity contribution in [1.29, 1.82) is 0 Å². The molecule has 1 aromatic rings. The molecule has 0 amide bonds. The van der Waals surface area contributed by atoms with Gasteiger partial charge < -0.3 is 5.11 Å². The summed E-state index contributed by atoms with van der Waals surface area (Å²) in [5, 5.41) is 9.27. The molecule has 1 unspecified atom stereocenters. The first-order valence-corrected chi connectivity index (χ1v) is 4.87. The molecule has 0 fully saturated rings. The second-order valence-corrected chi connectivity index (χ2v) is 4.00. The fraction of sp³-hybridized carbons (Fsp3) is 0.222. The Hall–Kier alpha value is -0.540. The molecule has 0 aromatic heterocycles. The standard InChI is InChI=1S/C9H8BrClO2/c1-5(9(12)13)6-2-3-7(10)8(11)4-6/h2-5H,1H3,(H,12,13). The number of carboxylic acids is 1. The lowest BCUT2D eigenvalue weighted by molar-refractivity contribution is -0.138. The molecule has 0 aliphatic rings. The van der Waals surface area contributed by atoms with Crippen molar-refractivity contribution < 1.29 is 9.90 Å². The zero-order valence-corrected chi connectivity index (χ0v) is 9.26. The van der Waals surface area contributed by atoms with Crippen molar-refractivity contribution in [2.24, 2.45) is 0 Å². The van der Waals surface area contributed by atoms with Gasteiger partial charge in [0.25, 0.3) is 0 Å². The molecule has 0 aliphatic heterocycles. The van der Waals surface area contributed by atoms with Crippen LogP contribution in [0.25, 0.3) is 0 Å². The number of halogens is 2. The van der Waals surface area contributed by atoms with E-state index in [1.807, 2.05) is 0 Å². The van der Waals surface area contributed by atoms with Crippen molar-refractivity contribution in [3.63, 3.8) is 0 Å². The zero-order chi connectivity index (χ0) is 10.0. The molecule has 0 saturated heterocycles. The molecular weight excluding hydrogens is 255 g/mol. The Morgan fingerprint density at radius 2 is 2.23 bits per heavy atom. The quantitative estimate of drug-likeness (QED) is 0.889. The molecule has 1 aromatic carbocycles. The summed E-state index contributed by atoms with van der Waals surface area (Å²) in [5.41, 5.74) is 0.709. The zero-order valence-electron chi connectivity index (χ0n) is 6.92. The van der Waals surface area contributed by atoms with Crippen LogP contribution in [0.2, 0.25) is 5.02 Å². The van der Waals surface area contributed by atoms with Crippen molar-refractivity contribution >= 4 is 33.5 Å². The summed E-state index contributed by atoms with van der Waals surface area (Å²) < 4.78 is 0.774. The van der Waals surface area contributed by atoms with Gasteiger partial charge in [-0.05, 0) is 40.5 Å². The molecule has 13 heavy (non-hydrogen) atoms. The molecule has 1 atom stereocenters. The minimum Gasteiger partial charge on any atom is -0.481 e. The number of hydrogen-bond donors (Lipinski definition) is 1. The smallest absolute Gasteiger partial charge is 0.310 e. The molecule has 0 saturated carbocycles. The highest BCUT2D eigenvalue weighted by Gasteiger charge is 2.14. The first kappa shape index (κ1) is 10.5. The topological polar surface area (TPSA) is 37.3 Å². The van der Waals surface area contributed by atoms with E-state index in [0.29, 0.717) is 10.6 Å². The highest BCUT2D eigenvalue weighted by atomic mass is 79.9. The average Bonchev–Trinajstić information content (AvgIpc) is 2.08. The molecule has 1 N–H and O–H groups in total. The molecule has 0 bridgehead atoms. The third-order valence-corrected chi connectivity index (χ3v) is 3.05. The van der Waals surface area contributed by atoms with Crippen LogP contribution in [0.4, 0.5) is 0 Å². The van der Waals surface area contributed by atoms with Crippen molar-refractivity contribution in [1.82, 2.24) is 0 Å². The van der Waals surface area contributed by atoms with Crippen LogP contribution in [0.15, 0.2) is 22.7 Å². The SMILES string of the molecule is CC(C(=O)O)c1ccc(Br)c(Cl)c1. The maximum Gasteiger partial charge on any atom is 0.310 e. The van der Waals surface area contributed by atoms with Gasteiger partial charge in [-0.25, -0.2) is 0 Å².